The van der Waals surface area contributed by atoms with E-state index in [1.54, 1.807) is 0 Å². The first-order valence-corrected chi connectivity index (χ1v) is 5.09. The number of para-hydroxylation sites is 1. The van der Waals surface area contributed by atoms with Crippen molar-refractivity contribution in [3.63, 3.8) is 0 Å². The third-order valence-corrected chi connectivity index (χ3v) is 2.17. The van der Waals surface area contributed by atoms with Gasteiger partial charge < -0.3 is 9.47 Å². The van der Waals surface area contributed by atoms with E-state index in [0.29, 0.717) is 0 Å². The Morgan fingerprint density at radius 3 is 2.58 bits per heavy atom. The van der Waals surface area contributed by atoms with Gasteiger partial charge in [0.1, 0.15) is 6.33 Å². The molecule has 0 aliphatic heterocycles. The monoisotopic (exact) mass is 265 g/mol. The predicted molar refractivity (Wildman–Crippen MR) is 61.7 cm³/mol. The quantitative estimate of drug-likeness (QED) is 0.622. The largest absolute Gasteiger partial charge is 0.476 e. The number of halogens is 1. The first kappa shape index (κ1) is 12.7. The zero-order valence-corrected chi connectivity index (χ0v) is 9.74. The van der Waals surface area contributed by atoms with Gasteiger partial charge in [-0.15, -0.1) is 0 Å². The van der Waals surface area contributed by atoms with Gasteiger partial charge in [-0.25, -0.2) is 4.39 Å². The van der Waals surface area contributed by atoms with Crippen molar-refractivity contribution in [3.05, 3.63) is 46.5 Å². The highest BCUT2D eigenvalue weighted by molar-refractivity contribution is 5.50. The van der Waals surface area contributed by atoms with Crippen molar-refractivity contribution in [1.82, 2.24) is 9.97 Å². The molecule has 0 aliphatic rings. The Balaban J connectivity index is 2.46. The van der Waals surface area contributed by atoms with Gasteiger partial charge >= 0.3 is 17.4 Å². The molecule has 7 nitrogen and oxygen atoms in total. The molecule has 2 aromatic rings. The van der Waals surface area contributed by atoms with E-state index in [0.717, 1.165) is 6.33 Å². The second-order valence-electron chi connectivity index (χ2n) is 3.33. The maximum Gasteiger partial charge on any atom is 0.392 e. The fourth-order valence-electron chi connectivity index (χ4n) is 1.36. The molecule has 0 saturated heterocycles. The summed E-state index contributed by atoms with van der Waals surface area (Å²) in [6.45, 7) is 0. The molecule has 1 heterocycles. The Bertz CT molecular complexity index is 621. The number of ether oxygens (including phenoxy) is 2. The SMILES string of the molecule is COc1ncnc(Oc2ccccc2F)c1[N+](=O)[O-]. The molecule has 1 aromatic carbocycles. The van der Waals surface area contributed by atoms with Gasteiger partial charge in [-0.1, -0.05) is 12.1 Å². The molecule has 0 atom stereocenters. The van der Waals surface area contributed by atoms with E-state index in [2.05, 4.69) is 9.97 Å². The fourth-order valence-corrected chi connectivity index (χ4v) is 1.36. The van der Waals surface area contributed by atoms with E-state index in [4.69, 9.17) is 9.47 Å². The zero-order chi connectivity index (χ0) is 13.8. The molecule has 0 unspecified atom stereocenters. The molecule has 98 valence electrons. The molecular weight excluding hydrogens is 257 g/mol. The summed E-state index contributed by atoms with van der Waals surface area (Å²) in [4.78, 5) is 17.4. The average molecular weight is 265 g/mol. The number of nitro groups is 1. The van der Waals surface area contributed by atoms with Gasteiger partial charge in [0, 0.05) is 0 Å². The van der Waals surface area contributed by atoms with Crippen LogP contribution in [0, 0.1) is 15.9 Å². The summed E-state index contributed by atoms with van der Waals surface area (Å²) in [5.41, 5.74) is -0.562. The Morgan fingerprint density at radius 2 is 1.95 bits per heavy atom. The minimum atomic E-state index is -0.755. The first-order valence-electron chi connectivity index (χ1n) is 5.09. The highest BCUT2D eigenvalue weighted by Crippen LogP contribution is 2.35. The van der Waals surface area contributed by atoms with Crippen molar-refractivity contribution in [2.45, 2.75) is 0 Å². The molecule has 0 aliphatic carbocycles. The van der Waals surface area contributed by atoms with Crippen LogP contribution < -0.4 is 9.47 Å². The second kappa shape index (κ2) is 5.25. The third kappa shape index (κ3) is 2.57. The van der Waals surface area contributed by atoms with Crippen molar-refractivity contribution < 1.29 is 18.8 Å². The number of benzene rings is 1. The van der Waals surface area contributed by atoms with Gasteiger partial charge in [0.2, 0.25) is 0 Å². The summed E-state index contributed by atoms with van der Waals surface area (Å²) in [6.07, 6.45) is 1.03. The van der Waals surface area contributed by atoms with Gasteiger partial charge in [0.15, 0.2) is 11.6 Å². The number of aromatic nitrogens is 2. The molecule has 0 saturated carbocycles. The number of hydrogen-bond donors (Lipinski definition) is 0. The highest BCUT2D eigenvalue weighted by Gasteiger charge is 2.26. The molecule has 8 heteroatoms. The maximum absolute atomic E-state index is 13.4. The average Bonchev–Trinajstić information content (AvgIpc) is 2.40. The topological polar surface area (TPSA) is 87.4 Å². The minimum Gasteiger partial charge on any atom is -0.476 e. The molecule has 19 heavy (non-hydrogen) atoms. The summed E-state index contributed by atoms with van der Waals surface area (Å²) >= 11 is 0. The Labute approximate surface area is 106 Å². The molecule has 0 spiro atoms. The number of methoxy groups -OCH3 is 1. The van der Waals surface area contributed by atoms with E-state index in [1.165, 1.54) is 31.4 Å². The van der Waals surface area contributed by atoms with Crippen LogP contribution in [0.5, 0.6) is 17.5 Å². The molecule has 0 radical (unpaired) electrons. The lowest BCUT2D eigenvalue weighted by Crippen LogP contribution is -2.01. The van der Waals surface area contributed by atoms with Crippen molar-refractivity contribution >= 4 is 5.69 Å². The summed E-state index contributed by atoms with van der Waals surface area (Å²) in [6, 6.07) is 5.49. The van der Waals surface area contributed by atoms with Crippen LogP contribution in [0.15, 0.2) is 30.6 Å². The minimum absolute atomic E-state index is 0.175. The van der Waals surface area contributed by atoms with Crippen LogP contribution in [-0.4, -0.2) is 22.0 Å². The van der Waals surface area contributed by atoms with Crippen LogP contribution in [0.3, 0.4) is 0 Å². The van der Waals surface area contributed by atoms with Crippen molar-refractivity contribution in [1.29, 1.82) is 0 Å². The van der Waals surface area contributed by atoms with Crippen LogP contribution in [0.4, 0.5) is 10.1 Å². The van der Waals surface area contributed by atoms with E-state index >= 15 is 0 Å². The lowest BCUT2D eigenvalue weighted by molar-refractivity contribution is -0.387. The zero-order valence-electron chi connectivity index (χ0n) is 9.74. The number of rotatable bonds is 4. The molecule has 0 fully saturated rings. The lowest BCUT2D eigenvalue weighted by atomic mass is 10.3. The molecule has 0 N–H and O–H groups in total. The Morgan fingerprint density at radius 1 is 1.26 bits per heavy atom. The van der Waals surface area contributed by atoms with Crippen LogP contribution >= 0.6 is 0 Å². The molecule has 1 aromatic heterocycles. The van der Waals surface area contributed by atoms with Gasteiger partial charge in [-0.05, 0) is 12.1 Å². The maximum atomic E-state index is 13.4. The van der Waals surface area contributed by atoms with Gasteiger partial charge in [-0.3, -0.25) is 10.1 Å². The summed E-state index contributed by atoms with van der Waals surface area (Å²) in [7, 11) is 1.22. The van der Waals surface area contributed by atoms with E-state index < -0.39 is 16.4 Å². The van der Waals surface area contributed by atoms with Crippen LogP contribution in [0.2, 0.25) is 0 Å². The normalized spacial score (nSPS) is 10.0. The lowest BCUT2D eigenvalue weighted by Gasteiger charge is -2.07. The summed E-state index contributed by atoms with van der Waals surface area (Å²) < 4.78 is 23.3. The van der Waals surface area contributed by atoms with Crippen LogP contribution in [0.25, 0.3) is 0 Å². The van der Waals surface area contributed by atoms with E-state index in [9.17, 15) is 14.5 Å². The number of hydrogen-bond acceptors (Lipinski definition) is 6. The van der Waals surface area contributed by atoms with Crippen LogP contribution in [0.1, 0.15) is 0 Å². The summed E-state index contributed by atoms with van der Waals surface area (Å²) in [5, 5.41) is 10.9. The van der Waals surface area contributed by atoms with Gasteiger partial charge in [0.25, 0.3) is 0 Å². The standard InChI is InChI=1S/C11H8FN3O4/c1-18-10-9(15(16)17)11(14-6-13-10)19-8-5-3-2-4-7(8)12/h2-6H,1H3. The van der Waals surface area contributed by atoms with Gasteiger partial charge in [0.05, 0.1) is 12.0 Å². The molecule has 0 bridgehead atoms. The van der Waals surface area contributed by atoms with Gasteiger partial charge in [-0.2, -0.15) is 9.97 Å². The van der Waals surface area contributed by atoms with Crippen molar-refractivity contribution in [2.24, 2.45) is 0 Å². The van der Waals surface area contributed by atoms with Crippen molar-refractivity contribution in [2.75, 3.05) is 7.11 Å². The van der Waals surface area contributed by atoms with Crippen LogP contribution in [-0.2, 0) is 0 Å². The van der Waals surface area contributed by atoms with E-state index in [-0.39, 0.29) is 17.5 Å². The molecule has 0 amide bonds. The van der Waals surface area contributed by atoms with Crippen molar-refractivity contribution in [3.8, 4) is 17.5 Å². The molecule has 2 rings (SSSR count). The Hall–Kier alpha value is -2.77. The summed E-state index contributed by atoms with van der Waals surface area (Å²) in [5.74, 6) is -1.48. The number of nitrogens with zero attached hydrogens (tertiary/aromatic N) is 3. The molecular formula is C11H8FN3O4. The predicted octanol–water partition coefficient (Wildman–Crippen LogP) is 2.32. The second-order valence-corrected chi connectivity index (χ2v) is 3.33. The van der Waals surface area contributed by atoms with E-state index in [1.807, 2.05) is 0 Å². The smallest absolute Gasteiger partial charge is 0.392 e. The first-order chi connectivity index (χ1) is 9.13. The third-order valence-electron chi connectivity index (χ3n) is 2.17. The fraction of sp³-hybridized carbons (Fsp3) is 0.0909. The highest BCUT2D eigenvalue weighted by atomic mass is 19.1. The Kier molecular flexibility index (Phi) is 3.51.